The standard InChI is InChI=1S/C18H25FN4O2S2/c1-11(2)9-23-15(24)14-12(3)13(10-21-8-6-20-17(21)26)27-16(14)22(18(23)25)7-4-5-19/h11H,4-10H2,1-3H3,(H,20,26). The van der Waals surface area contributed by atoms with E-state index in [0.717, 1.165) is 23.5 Å². The molecule has 3 heterocycles. The summed E-state index contributed by atoms with van der Waals surface area (Å²) in [6, 6.07) is 0. The second kappa shape index (κ2) is 8.10. The monoisotopic (exact) mass is 412 g/mol. The van der Waals surface area contributed by atoms with Gasteiger partial charge in [-0.1, -0.05) is 13.8 Å². The summed E-state index contributed by atoms with van der Waals surface area (Å²) < 4.78 is 15.7. The van der Waals surface area contributed by atoms with Gasteiger partial charge in [0.1, 0.15) is 4.83 Å². The fourth-order valence-electron chi connectivity index (χ4n) is 3.37. The van der Waals surface area contributed by atoms with E-state index in [-0.39, 0.29) is 30.1 Å². The van der Waals surface area contributed by atoms with Crippen molar-refractivity contribution in [2.75, 3.05) is 19.8 Å². The second-order valence-corrected chi connectivity index (χ2v) is 8.74. The number of alkyl halides is 1. The van der Waals surface area contributed by atoms with Crippen LogP contribution in [0.3, 0.4) is 0 Å². The zero-order valence-corrected chi connectivity index (χ0v) is 17.5. The van der Waals surface area contributed by atoms with E-state index in [4.69, 9.17) is 12.2 Å². The zero-order valence-electron chi connectivity index (χ0n) is 15.9. The van der Waals surface area contributed by atoms with E-state index < -0.39 is 6.67 Å². The van der Waals surface area contributed by atoms with Crippen LogP contribution in [0.2, 0.25) is 0 Å². The Labute approximate surface area is 166 Å². The van der Waals surface area contributed by atoms with E-state index in [1.54, 1.807) is 4.57 Å². The number of aryl methyl sites for hydroxylation is 2. The van der Waals surface area contributed by atoms with Crippen molar-refractivity contribution in [2.24, 2.45) is 5.92 Å². The van der Waals surface area contributed by atoms with Crippen molar-refractivity contribution >= 4 is 38.9 Å². The minimum Gasteiger partial charge on any atom is -0.361 e. The van der Waals surface area contributed by atoms with E-state index >= 15 is 0 Å². The van der Waals surface area contributed by atoms with Gasteiger partial charge in [0.25, 0.3) is 5.56 Å². The number of thiocarbonyl (C=S) groups is 1. The molecule has 27 heavy (non-hydrogen) atoms. The van der Waals surface area contributed by atoms with Crippen LogP contribution in [0.5, 0.6) is 0 Å². The fraction of sp³-hybridized carbons (Fsp3) is 0.611. The van der Waals surface area contributed by atoms with Crippen LogP contribution in [-0.2, 0) is 19.6 Å². The molecule has 0 spiro atoms. The van der Waals surface area contributed by atoms with Crippen LogP contribution in [0.15, 0.2) is 9.59 Å². The van der Waals surface area contributed by atoms with Gasteiger partial charge < -0.3 is 10.2 Å². The molecule has 1 aliphatic rings. The molecule has 0 aliphatic carbocycles. The van der Waals surface area contributed by atoms with Gasteiger partial charge in [-0.15, -0.1) is 11.3 Å². The Kier molecular flexibility index (Phi) is 6.00. The van der Waals surface area contributed by atoms with Gasteiger partial charge in [0, 0.05) is 31.1 Å². The summed E-state index contributed by atoms with van der Waals surface area (Å²) in [4.78, 5) is 29.7. The summed E-state index contributed by atoms with van der Waals surface area (Å²) in [7, 11) is 0. The van der Waals surface area contributed by atoms with E-state index in [9.17, 15) is 14.0 Å². The van der Waals surface area contributed by atoms with Gasteiger partial charge >= 0.3 is 5.69 Å². The van der Waals surface area contributed by atoms with E-state index in [0.29, 0.717) is 28.4 Å². The molecule has 148 valence electrons. The molecule has 1 aliphatic heterocycles. The molecule has 1 N–H and O–H groups in total. The van der Waals surface area contributed by atoms with Crippen LogP contribution < -0.4 is 16.6 Å². The lowest BCUT2D eigenvalue weighted by Crippen LogP contribution is -2.41. The highest BCUT2D eigenvalue weighted by Crippen LogP contribution is 2.29. The van der Waals surface area contributed by atoms with Crippen molar-refractivity contribution in [3.63, 3.8) is 0 Å². The number of fused-ring (bicyclic) bond motifs is 1. The van der Waals surface area contributed by atoms with E-state index in [1.165, 1.54) is 15.9 Å². The lowest BCUT2D eigenvalue weighted by molar-refractivity contribution is 0.431. The molecule has 3 rings (SSSR count). The maximum atomic E-state index is 13.1. The van der Waals surface area contributed by atoms with Gasteiger partial charge in [0.15, 0.2) is 5.11 Å². The molecule has 6 nitrogen and oxygen atoms in total. The lowest BCUT2D eigenvalue weighted by Gasteiger charge is -2.15. The molecule has 0 atom stereocenters. The van der Waals surface area contributed by atoms with E-state index in [1.807, 2.05) is 20.8 Å². The number of hydrogen-bond acceptors (Lipinski definition) is 4. The normalized spacial score (nSPS) is 14.6. The smallest absolute Gasteiger partial charge is 0.332 e. The molecule has 0 radical (unpaired) electrons. The van der Waals surface area contributed by atoms with Crippen LogP contribution in [0.4, 0.5) is 4.39 Å². The van der Waals surface area contributed by atoms with Crippen LogP contribution >= 0.6 is 23.6 Å². The Morgan fingerprint density at radius 3 is 2.63 bits per heavy atom. The average Bonchev–Trinajstić information content (AvgIpc) is 3.16. The Morgan fingerprint density at radius 2 is 2.04 bits per heavy atom. The molecule has 0 unspecified atom stereocenters. The molecule has 0 saturated carbocycles. The van der Waals surface area contributed by atoms with Gasteiger partial charge in [0.2, 0.25) is 0 Å². The molecule has 9 heteroatoms. The molecular weight excluding hydrogens is 387 g/mol. The number of hydrogen-bond donors (Lipinski definition) is 1. The Morgan fingerprint density at radius 1 is 1.30 bits per heavy atom. The molecule has 1 saturated heterocycles. The average molecular weight is 413 g/mol. The Hall–Kier alpha value is -1.74. The van der Waals surface area contributed by atoms with Crippen molar-refractivity contribution in [3.8, 4) is 0 Å². The predicted octanol–water partition coefficient (Wildman–Crippen LogP) is 2.24. The maximum Gasteiger partial charge on any atom is 0.332 e. The number of nitrogens with one attached hydrogen (secondary N) is 1. The first-order valence-electron chi connectivity index (χ1n) is 9.19. The predicted molar refractivity (Wildman–Crippen MR) is 112 cm³/mol. The third kappa shape index (κ3) is 3.80. The third-order valence-corrected chi connectivity index (χ3v) is 6.44. The highest BCUT2D eigenvalue weighted by atomic mass is 32.1. The van der Waals surface area contributed by atoms with Crippen LogP contribution in [0.25, 0.3) is 10.2 Å². The van der Waals surface area contributed by atoms with Crippen LogP contribution in [0, 0.1) is 12.8 Å². The Bertz CT molecular complexity index is 976. The van der Waals surface area contributed by atoms with Crippen molar-refractivity contribution in [2.45, 2.75) is 46.8 Å². The van der Waals surface area contributed by atoms with Crippen molar-refractivity contribution < 1.29 is 4.39 Å². The molecule has 0 amide bonds. The summed E-state index contributed by atoms with van der Waals surface area (Å²) in [6.07, 6.45) is 0.251. The Balaban J connectivity index is 2.18. The first-order valence-corrected chi connectivity index (χ1v) is 10.4. The molecular formula is C18H25FN4O2S2. The SMILES string of the molecule is Cc1c(CN2CCNC2=S)sc2c1c(=O)n(CC(C)C)c(=O)n2CCCF. The minimum absolute atomic E-state index is 0.161. The summed E-state index contributed by atoms with van der Waals surface area (Å²) in [5, 5.41) is 4.42. The van der Waals surface area contributed by atoms with Gasteiger partial charge in [-0.2, -0.15) is 0 Å². The van der Waals surface area contributed by atoms with Gasteiger partial charge in [-0.3, -0.25) is 18.3 Å². The molecule has 2 aromatic heterocycles. The van der Waals surface area contributed by atoms with Crippen molar-refractivity contribution in [1.29, 1.82) is 0 Å². The summed E-state index contributed by atoms with van der Waals surface area (Å²) in [5.41, 5.74) is 0.296. The molecule has 0 aromatic carbocycles. The highest BCUT2D eigenvalue weighted by Gasteiger charge is 2.23. The lowest BCUT2D eigenvalue weighted by atomic mass is 10.2. The van der Waals surface area contributed by atoms with Gasteiger partial charge in [0.05, 0.1) is 18.6 Å². The summed E-state index contributed by atoms with van der Waals surface area (Å²) in [5.74, 6) is 0.161. The van der Waals surface area contributed by atoms with Crippen molar-refractivity contribution in [1.82, 2.24) is 19.4 Å². The number of nitrogens with zero attached hydrogens (tertiary/aromatic N) is 3. The van der Waals surface area contributed by atoms with Crippen LogP contribution in [-0.4, -0.2) is 38.9 Å². The number of thiophene rings is 1. The number of rotatable bonds is 7. The maximum absolute atomic E-state index is 13.1. The summed E-state index contributed by atoms with van der Waals surface area (Å²) >= 11 is 6.76. The number of halogens is 1. The van der Waals surface area contributed by atoms with Gasteiger partial charge in [-0.25, -0.2) is 4.79 Å². The first kappa shape index (κ1) is 20.0. The van der Waals surface area contributed by atoms with Crippen LogP contribution in [0.1, 0.15) is 30.7 Å². The molecule has 1 fully saturated rings. The van der Waals surface area contributed by atoms with E-state index in [2.05, 4.69) is 10.2 Å². The second-order valence-electron chi connectivity index (χ2n) is 7.27. The topological polar surface area (TPSA) is 59.3 Å². The van der Waals surface area contributed by atoms with Gasteiger partial charge in [-0.05, 0) is 37.0 Å². The molecule has 0 bridgehead atoms. The largest absolute Gasteiger partial charge is 0.361 e. The van der Waals surface area contributed by atoms with Crippen molar-refractivity contribution in [3.05, 3.63) is 31.3 Å². The summed E-state index contributed by atoms with van der Waals surface area (Å²) in [6.45, 7) is 8.22. The number of aromatic nitrogens is 2. The first-order chi connectivity index (χ1) is 12.8. The fourth-order valence-corrected chi connectivity index (χ4v) is 4.96. The zero-order chi connectivity index (χ0) is 19.7. The highest BCUT2D eigenvalue weighted by molar-refractivity contribution is 7.80. The minimum atomic E-state index is -0.498. The third-order valence-electron chi connectivity index (χ3n) is 4.74. The molecule has 2 aromatic rings. The quantitative estimate of drug-likeness (QED) is 0.707.